The molecule has 38 heavy (non-hydrogen) atoms. The molecule has 0 amide bonds. The van der Waals surface area contributed by atoms with Crippen LogP contribution in [-0.2, 0) is 9.31 Å². The molecule has 5 rings (SSSR count). The number of hydrogen-bond donors (Lipinski definition) is 0. The van der Waals surface area contributed by atoms with Crippen LogP contribution in [0.3, 0.4) is 0 Å². The van der Waals surface area contributed by atoms with Crippen molar-refractivity contribution in [2.45, 2.75) is 58.5 Å². The zero-order chi connectivity index (χ0) is 27.1. The first-order valence-electron chi connectivity index (χ1n) is 13.5. The fraction of sp³-hybridized carbons (Fsp3) is 0.273. The second kappa shape index (κ2) is 9.88. The van der Waals surface area contributed by atoms with Gasteiger partial charge in [0, 0.05) is 16.9 Å². The molecule has 4 aromatic rings. The summed E-state index contributed by atoms with van der Waals surface area (Å²) >= 11 is 0. The van der Waals surface area contributed by atoms with Crippen LogP contribution < -0.4 is 15.5 Å². The number of anilines is 3. The van der Waals surface area contributed by atoms with Crippen LogP contribution in [0.25, 0.3) is 11.1 Å². The van der Waals surface area contributed by atoms with Crippen molar-refractivity contribution < 1.29 is 9.31 Å². The third kappa shape index (κ3) is 5.11. The van der Waals surface area contributed by atoms with Gasteiger partial charge in [0.05, 0.1) is 25.0 Å². The molecule has 0 spiro atoms. The van der Waals surface area contributed by atoms with E-state index in [2.05, 4.69) is 155 Å². The van der Waals surface area contributed by atoms with Gasteiger partial charge in [0.2, 0.25) is 0 Å². The molecule has 0 N–H and O–H groups in total. The molecule has 0 unspecified atom stereocenters. The quantitative estimate of drug-likeness (QED) is 0.244. The molecule has 1 aliphatic rings. The van der Waals surface area contributed by atoms with Crippen LogP contribution in [0, 0.1) is 0 Å². The minimum Gasteiger partial charge on any atom is -0.399 e. The zero-order valence-electron chi connectivity index (χ0n) is 23.7. The maximum absolute atomic E-state index is 6.31. The van der Waals surface area contributed by atoms with Gasteiger partial charge in [0.25, 0.3) is 0 Å². The molecule has 1 aliphatic heterocycles. The highest BCUT2D eigenvalue weighted by molar-refractivity contribution is 6.88. The lowest BCUT2D eigenvalue weighted by Gasteiger charge is -2.32. The van der Waals surface area contributed by atoms with Crippen molar-refractivity contribution in [3.05, 3.63) is 103 Å². The number of rotatable bonds is 6. The molecule has 1 saturated heterocycles. The predicted molar refractivity (Wildman–Crippen MR) is 165 cm³/mol. The summed E-state index contributed by atoms with van der Waals surface area (Å²) in [5.74, 6) is 0. The number of benzene rings is 4. The van der Waals surface area contributed by atoms with E-state index in [1.807, 2.05) is 0 Å². The van der Waals surface area contributed by atoms with E-state index >= 15 is 0 Å². The van der Waals surface area contributed by atoms with Crippen LogP contribution in [0.2, 0.25) is 19.6 Å². The highest BCUT2D eigenvalue weighted by atomic mass is 28.3. The Morgan fingerprint density at radius 3 is 1.66 bits per heavy atom. The summed E-state index contributed by atoms with van der Waals surface area (Å²) in [5, 5.41) is 1.45. The molecule has 3 nitrogen and oxygen atoms in total. The van der Waals surface area contributed by atoms with Crippen LogP contribution in [0.1, 0.15) is 27.7 Å². The van der Waals surface area contributed by atoms with Crippen LogP contribution >= 0.6 is 0 Å². The molecule has 5 heteroatoms. The molecule has 0 bridgehead atoms. The van der Waals surface area contributed by atoms with E-state index in [1.54, 1.807) is 0 Å². The number of hydrogen-bond acceptors (Lipinski definition) is 3. The summed E-state index contributed by atoms with van der Waals surface area (Å²) in [4.78, 5) is 2.35. The first-order chi connectivity index (χ1) is 18.0. The lowest BCUT2D eigenvalue weighted by Crippen LogP contribution is -2.41. The monoisotopic (exact) mass is 519 g/mol. The predicted octanol–water partition coefficient (Wildman–Crippen LogP) is 7.67. The van der Waals surface area contributed by atoms with Gasteiger partial charge >= 0.3 is 7.12 Å². The van der Waals surface area contributed by atoms with Gasteiger partial charge in [-0.25, -0.2) is 0 Å². The third-order valence-electron chi connectivity index (χ3n) is 7.90. The van der Waals surface area contributed by atoms with Gasteiger partial charge in [-0.3, -0.25) is 0 Å². The van der Waals surface area contributed by atoms with Gasteiger partial charge in [-0.15, -0.1) is 0 Å². The van der Waals surface area contributed by atoms with E-state index in [4.69, 9.17) is 9.31 Å². The van der Waals surface area contributed by atoms with Crippen molar-refractivity contribution >= 4 is 42.9 Å². The highest BCUT2D eigenvalue weighted by Gasteiger charge is 2.51. The molecule has 0 saturated carbocycles. The minimum absolute atomic E-state index is 0.366. The molecule has 1 heterocycles. The first kappa shape index (κ1) is 26.5. The van der Waals surface area contributed by atoms with E-state index in [1.165, 1.54) is 16.3 Å². The third-order valence-corrected chi connectivity index (χ3v) is 9.96. The van der Waals surface area contributed by atoms with Gasteiger partial charge in [-0.2, -0.15) is 0 Å². The van der Waals surface area contributed by atoms with Gasteiger partial charge in [0.1, 0.15) is 0 Å². The Bertz CT molecular complexity index is 1380. The lowest BCUT2D eigenvalue weighted by molar-refractivity contribution is 0.00578. The van der Waals surface area contributed by atoms with Crippen molar-refractivity contribution in [3.63, 3.8) is 0 Å². The maximum Gasteiger partial charge on any atom is 0.494 e. The van der Waals surface area contributed by atoms with E-state index in [9.17, 15) is 0 Å². The highest BCUT2D eigenvalue weighted by Crippen LogP contribution is 2.41. The van der Waals surface area contributed by atoms with E-state index < -0.39 is 8.07 Å². The van der Waals surface area contributed by atoms with Crippen molar-refractivity contribution in [2.75, 3.05) is 4.90 Å². The second-order valence-corrected chi connectivity index (χ2v) is 17.3. The van der Waals surface area contributed by atoms with E-state index in [-0.39, 0.29) is 18.3 Å². The second-order valence-electron chi connectivity index (χ2n) is 12.2. The van der Waals surface area contributed by atoms with Crippen molar-refractivity contribution in [1.82, 2.24) is 0 Å². The van der Waals surface area contributed by atoms with Crippen LogP contribution in [0.15, 0.2) is 103 Å². The Morgan fingerprint density at radius 1 is 0.605 bits per heavy atom. The topological polar surface area (TPSA) is 21.7 Å². The van der Waals surface area contributed by atoms with Crippen molar-refractivity contribution in [2.24, 2.45) is 0 Å². The summed E-state index contributed by atoms with van der Waals surface area (Å²) in [6.45, 7) is 15.5. The molecule has 194 valence electrons. The fourth-order valence-electron chi connectivity index (χ4n) is 4.83. The Kier molecular flexibility index (Phi) is 6.89. The summed E-state index contributed by atoms with van der Waals surface area (Å²) in [6, 6.07) is 37.0. The largest absolute Gasteiger partial charge is 0.494 e. The first-order valence-corrected chi connectivity index (χ1v) is 17.0. The summed E-state index contributed by atoms with van der Waals surface area (Å²) < 4.78 is 12.6. The standard InChI is InChI=1S/C33H38BNO2Si/c1-32(2)33(3,4)37-34(36-32)26-17-19-27(20-18-26)35(28-21-23-29(24-22-28)38(5,6)7)31-16-12-11-15-30(31)25-13-9-8-10-14-25/h8-24H,1-7H3. The smallest absolute Gasteiger partial charge is 0.399 e. The van der Waals surface area contributed by atoms with Gasteiger partial charge in [-0.1, -0.05) is 97.6 Å². The average Bonchev–Trinajstić information content (AvgIpc) is 3.12. The van der Waals surface area contributed by atoms with Crippen LogP contribution in [0.5, 0.6) is 0 Å². The zero-order valence-corrected chi connectivity index (χ0v) is 24.7. The lowest BCUT2D eigenvalue weighted by atomic mass is 9.79. The van der Waals surface area contributed by atoms with E-state index in [0.717, 1.165) is 22.5 Å². The van der Waals surface area contributed by atoms with Crippen molar-refractivity contribution in [1.29, 1.82) is 0 Å². The van der Waals surface area contributed by atoms with Crippen LogP contribution in [0.4, 0.5) is 17.1 Å². The molecular formula is C33H38BNO2Si. The SMILES string of the molecule is CC1(C)OB(c2ccc(N(c3ccc([Si](C)(C)C)cc3)c3ccccc3-c3ccccc3)cc2)OC1(C)C. The average molecular weight is 520 g/mol. The maximum atomic E-state index is 6.31. The number of nitrogens with zero attached hydrogens (tertiary/aromatic N) is 1. The summed E-state index contributed by atoms with van der Waals surface area (Å²) in [6.07, 6.45) is 0. The molecule has 1 fully saturated rings. The van der Waals surface area contributed by atoms with Gasteiger partial charge in [-0.05, 0) is 69.1 Å². The fourth-order valence-corrected chi connectivity index (χ4v) is 5.99. The van der Waals surface area contributed by atoms with Crippen LogP contribution in [-0.4, -0.2) is 26.4 Å². The molecular weight excluding hydrogens is 481 g/mol. The molecule has 0 aliphatic carbocycles. The Hall–Kier alpha value is -3.12. The van der Waals surface area contributed by atoms with Gasteiger partial charge < -0.3 is 14.2 Å². The van der Waals surface area contributed by atoms with Gasteiger partial charge in [0.15, 0.2) is 0 Å². The van der Waals surface area contributed by atoms with Crippen molar-refractivity contribution in [3.8, 4) is 11.1 Å². The molecule has 0 atom stereocenters. The number of para-hydroxylation sites is 1. The Morgan fingerprint density at radius 2 is 1.11 bits per heavy atom. The molecule has 4 aromatic carbocycles. The minimum atomic E-state index is -1.41. The summed E-state index contributed by atoms with van der Waals surface area (Å²) in [7, 11) is -1.79. The Labute approximate surface area is 229 Å². The molecule has 0 radical (unpaired) electrons. The normalized spacial score (nSPS) is 16.4. The summed E-state index contributed by atoms with van der Waals surface area (Å²) in [5.41, 5.74) is 6.05. The van der Waals surface area contributed by atoms with E-state index in [0.29, 0.717) is 0 Å². The Balaban J connectivity index is 1.58. The molecule has 0 aromatic heterocycles.